The Morgan fingerprint density at radius 2 is 1.08 bits per heavy atom. The summed E-state index contributed by atoms with van der Waals surface area (Å²) in [5, 5.41) is 0. The summed E-state index contributed by atoms with van der Waals surface area (Å²) >= 11 is -3.29. The number of hydrogen-bond donors (Lipinski definition) is 0. The summed E-state index contributed by atoms with van der Waals surface area (Å²) < 4.78 is 15.8. The summed E-state index contributed by atoms with van der Waals surface area (Å²) in [5.41, 5.74) is 2.40. The minimum absolute atomic E-state index is 1.01. The fourth-order valence-corrected chi connectivity index (χ4v) is 13.7. The van der Waals surface area contributed by atoms with Gasteiger partial charge in [0.25, 0.3) is 0 Å². The first-order chi connectivity index (χ1) is 12.1. The van der Waals surface area contributed by atoms with Crippen molar-refractivity contribution in [2.45, 2.75) is 62.3 Å². The second-order valence-electron chi connectivity index (χ2n) is 6.85. The minimum atomic E-state index is -3.29. The second kappa shape index (κ2) is 10.1. The predicted molar refractivity (Wildman–Crippen MR) is 109 cm³/mol. The van der Waals surface area contributed by atoms with E-state index in [0.29, 0.717) is 0 Å². The van der Waals surface area contributed by atoms with Crippen LogP contribution in [0.1, 0.15) is 50.7 Å². The monoisotopic (exact) mass is 448 g/mol. The van der Waals surface area contributed by atoms with Crippen LogP contribution >= 0.6 is 0 Å². The fraction of sp³-hybridized carbons (Fsp3) is 0.455. The molecular formula is C22H32O2Sn. The van der Waals surface area contributed by atoms with Gasteiger partial charge in [0.05, 0.1) is 0 Å². The van der Waals surface area contributed by atoms with Gasteiger partial charge < -0.3 is 0 Å². The molecule has 0 unspecified atom stereocenters. The average Bonchev–Trinajstić information content (AvgIpc) is 2.62. The molecule has 0 N–H and O–H groups in total. The van der Waals surface area contributed by atoms with Crippen LogP contribution < -0.4 is 6.15 Å². The van der Waals surface area contributed by atoms with Gasteiger partial charge in [0.2, 0.25) is 0 Å². The van der Waals surface area contributed by atoms with Gasteiger partial charge in [0.15, 0.2) is 0 Å². The average molecular weight is 447 g/mol. The summed E-state index contributed by atoms with van der Waals surface area (Å²) in [4.78, 5) is 0. The molecule has 0 saturated heterocycles. The molecule has 0 atom stereocenters. The molecular weight excluding hydrogens is 415 g/mol. The molecule has 0 aromatic heterocycles. The summed E-state index contributed by atoms with van der Waals surface area (Å²) in [5.74, 6) is 2.03. The third-order valence-corrected chi connectivity index (χ3v) is 14.3. The van der Waals surface area contributed by atoms with Crippen molar-refractivity contribution in [2.75, 3.05) is 0 Å². The van der Waals surface area contributed by atoms with Gasteiger partial charge in [-0.25, -0.2) is 0 Å². The van der Waals surface area contributed by atoms with Crippen LogP contribution in [-0.2, 0) is 0 Å². The van der Waals surface area contributed by atoms with Crippen LogP contribution in [-0.4, -0.2) is 19.2 Å². The standard InChI is InChI=1S/2C7H8O.2C4H9.Sn/c2*1-6-4-2-3-5-7(6)8;2*1-3-4-2;/h2*2-5,8H,1H3;2*1,3-4H2,2H3;/q;;;;+2/p-2. The van der Waals surface area contributed by atoms with E-state index < -0.39 is 19.2 Å². The molecule has 0 saturated carbocycles. The van der Waals surface area contributed by atoms with Gasteiger partial charge in [-0.3, -0.25) is 0 Å². The van der Waals surface area contributed by atoms with E-state index >= 15 is 0 Å². The van der Waals surface area contributed by atoms with Crippen LogP contribution in [0.3, 0.4) is 0 Å². The van der Waals surface area contributed by atoms with Crippen molar-refractivity contribution >= 4 is 19.2 Å². The van der Waals surface area contributed by atoms with Crippen molar-refractivity contribution in [3.8, 4) is 11.5 Å². The van der Waals surface area contributed by atoms with Crippen molar-refractivity contribution in [1.82, 2.24) is 0 Å². The van der Waals surface area contributed by atoms with E-state index in [-0.39, 0.29) is 0 Å². The van der Waals surface area contributed by atoms with Crippen LogP contribution in [0.4, 0.5) is 0 Å². The number of aryl methyl sites for hydroxylation is 2. The van der Waals surface area contributed by atoms with E-state index in [9.17, 15) is 0 Å². The summed E-state index contributed by atoms with van der Waals surface area (Å²) in [6.07, 6.45) is 4.72. The van der Waals surface area contributed by atoms with Gasteiger partial charge in [-0.2, -0.15) is 0 Å². The fourth-order valence-electron chi connectivity index (χ4n) is 2.98. The number of benzene rings is 2. The van der Waals surface area contributed by atoms with E-state index in [1.54, 1.807) is 0 Å². The summed E-state index contributed by atoms with van der Waals surface area (Å²) in [7, 11) is 0. The molecule has 0 aliphatic heterocycles. The number of unbranched alkanes of at least 4 members (excludes halogenated alkanes) is 2. The van der Waals surface area contributed by atoms with Crippen molar-refractivity contribution in [1.29, 1.82) is 0 Å². The number of hydrogen-bond acceptors (Lipinski definition) is 2. The topological polar surface area (TPSA) is 18.5 Å². The second-order valence-corrected chi connectivity index (χ2v) is 16.1. The first-order valence-electron chi connectivity index (χ1n) is 9.59. The summed E-state index contributed by atoms with van der Waals surface area (Å²) in [6.45, 7) is 8.74. The molecule has 0 amide bonds. The van der Waals surface area contributed by atoms with E-state index in [1.807, 2.05) is 0 Å². The molecule has 2 aromatic carbocycles. The maximum atomic E-state index is 6.78. The Morgan fingerprint density at radius 3 is 1.44 bits per heavy atom. The van der Waals surface area contributed by atoms with Crippen LogP contribution in [0.15, 0.2) is 48.5 Å². The van der Waals surface area contributed by atoms with Gasteiger partial charge in [-0.1, -0.05) is 0 Å². The Labute approximate surface area is 158 Å². The van der Waals surface area contributed by atoms with Gasteiger partial charge in [-0.15, -0.1) is 0 Å². The zero-order chi connectivity index (χ0) is 18.1. The predicted octanol–water partition coefficient (Wildman–Crippen LogP) is 6.80. The quantitative estimate of drug-likeness (QED) is 0.373. The molecule has 2 rings (SSSR count). The van der Waals surface area contributed by atoms with Crippen molar-refractivity contribution in [2.24, 2.45) is 0 Å². The zero-order valence-electron chi connectivity index (χ0n) is 16.2. The molecule has 0 radical (unpaired) electrons. The zero-order valence-corrected chi connectivity index (χ0v) is 19.0. The Bertz CT molecular complexity index is 596. The van der Waals surface area contributed by atoms with Crippen molar-refractivity contribution in [3.63, 3.8) is 0 Å². The van der Waals surface area contributed by atoms with Gasteiger partial charge in [0, 0.05) is 0 Å². The molecule has 0 aliphatic carbocycles. The Kier molecular flexibility index (Phi) is 8.14. The maximum absolute atomic E-state index is 6.78. The molecule has 2 nitrogen and oxygen atoms in total. The molecule has 0 bridgehead atoms. The van der Waals surface area contributed by atoms with Crippen LogP contribution in [0.25, 0.3) is 0 Å². The molecule has 2 aromatic rings. The Balaban J connectivity index is 2.35. The Morgan fingerprint density at radius 1 is 0.680 bits per heavy atom. The molecule has 136 valence electrons. The van der Waals surface area contributed by atoms with Crippen molar-refractivity contribution in [3.05, 3.63) is 59.7 Å². The number of para-hydroxylation sites is 2. The summed E-state index contributed by atoms with van der Waals surface area (Å²) in [6, 6.07) is 16.7. The van der Waals surface area contributed by atoms with E-state index in [4.69, 9.17) is 6.15 Å². The van der Waals surface area contributed by atoms with Crippen LogP contribution in [0.2, 0.25) is 8.87 Å². The van der Waals surface area contributed by atoms with E-state index in [0.717, 1.165) is 20.4 Å². The Hall–Kier alpha value is -1.16. The molecule has 0 spiro atoms. The normalized spacial score (nSPS) is 11.4. The molecule has 0 fully saturated rings. The SMILES string of the molecule is CCC[CH2][Sn]([CH2]CCC)([O]c1ccccc1C)[O]c1ccccc1C. The first-order valence-corrected chi connectivity index (χ1v) is 16.0. The van der Waals surface area contributed by atoms with Gasteiger partial charge in [-0.05, 0) is 0 Å². The van der Waals surface area contributed by atoms with Gasteiger partial charge >= 0.3 is 159 Å². The molecule has 25 heavy (non-hydrogen) atoms. The van der Waals surface area contributed by atoms with E-state index in [2.05, 4.69) is 76.2 Å². The van der Waals surface area contributed by atoms with Crippen molar-refractivity contribution < 1.29 is 6.15 Å². The molecule has 0 heterocycles. The molecule has 3 heteroatoms. The van der Waals surface area contributed by atoms with Crippen LogP contribution in [0.5, 0.6) is 11.5 Å². The third kappa shape index (κ3) is 5.95. The molecule has 0 aliphatic rings. The van der Waals surface area contributed by atoms with Gasteiger partial charge in [0.1, 0.15) is 0 Å². The number of rotatable bonds is 10. The first kappa shape index (κ1) is 20.2. The van der Waals surface area contributed by atoms with E-state index in [1.165, 1.54) is 36.8 Å². The van der Waals surface area contributed by atoms with Crippen LogP contribution in [0, 0.1) is 13.8 Å². The third-order valence-electron chi connectivity index (χ3n) is 4.60.